The monoisotopic (exact) mass is 373 g/mol. The van der Waals surface area contributed by atoms with E-state index in [9.17, 15) is 5.11 Å². The molecule has 1 heterocycles. The van der Waals surface area contributed by atoms with Crippen molar-refractivity contribution in [2.75, 3.05) is 31.2 Å². The molecule has 1 unspecified atom stereocenters. The highest BCUT2D eigenvalue weighted by Crippen LogP contribution is 2.25. The number of aryl methyl sites for hydroxylation is 1. The minimum atomic E-state index is -0.476. The zero-order valence-corrected chi connectivity index (χ0v) is 14.9. The van der Waals surface area contributed by atoms with E-state index < -0.39 is 6.10 Å². The highest BCUT2D eigenvalue weighted by atomic mass is 79.9. The van der Waals surface area contributed by atoms with Crippen LogP contribution in [0.3, 0.4) is 0 Å². The fraction of sp³-hybridized carbons (Fsp3) is 0.625. The molecular weight excluding hydrogens is 350 g/mol. The molecule has 2 rings (SSSR count). The summed E-state index contributed by atoms with van der Waals surface area (Å²) in [6.45, 7) is 3.95. The van der Waals surface area contributed by atoms with E-state index in [0.717, 1.165) is 22.7 Å². The second-order valence-corrected chi connectivity index (χ2v) is 7.69. The van der Waals surface area contributed by atoms with Gasteiger partial charge in [0.2, 0.25) is 0 Å². The van der Waals surface area contributed by atoms with Gasteiger partial charge in [-0.05, 0) is 77.4 Å². The molecule has 1 saturated heterocycles. The van der Waals surface area contributed by atoms with Crippen molar-refractivity contribution >= 4 is 27.7 Å². The summed E-state index contributed by atoms with van der Waals surface area (Å²) < 4.78 is 6.59. The van der Waals surface area contributed by atoms with Crippen molar-refractivity contribution in [3.63, 3.8) is 0 Å². The first-order valence-electron chi connectivity index (χ1n) is 7.50. The van der Waals surface area contributed by atoms with Gasteiger partial charge in [0.15, 0.2) is 0 Å². The number of benzene rings is 1. The maximum absolute atomic E-state index is 9.98. The van der Waals surface area contributed by atoms with E-state index in [1.807, 2.05) is 36.9 Å². The molecule has 0 amide bonds. The lowest BCUT2D eigenvalue weighted by molar-refractivity contribution is 0.105. The van der Waals surface area contributed by atoms with Crippen molar-refractivity contribution in [2.24, 2.45) is 5.92 Å². The van der Waals surface area contributed by atoms with Gasteiger partial charge < -0.3 is 15.2 Å². The van der Waals surface area contributed by atoms with E-state index in [0.29, 0.717) is 13.2 Å². The van der Waals surface area contributed by atoms with Gasteiger partial charge in [-0.25, -0.2) is 0 Å². The van der Waals surface area contributed by atoms with Crippen molar-refractivity contribution in [1.29, 1.82) is 0 Å². The summed E-state index contributed by atoms with van der Waals surface area (Å²) in [6, 6.07) is 5.95. The van der Waals surface area contributed by atoms with Crippen LogP contribution in [0.5, 0.6) is 5.75 Å². The number of halogens is 1. The molecule has 1 aliphatic heterocycles. The molecule has 0 spiro atoms. The molecule has 118 valence electrons. The fourth-order valence-corrected chi connectivity index (χ4v) is 4.18. The molecule has 0 bridgehead atoms. The Bertz CT molecular complexity index is 438. The predicted octanol–water partition coefficient (Wildman–Crippen LogP) is 3.23. The summed E-state index contributed by atoms with van der Waals surface area (Å²) in [4.78, 5) is 0. The molecular formula is C16H24BrNO2S. The molecule has 1 aliphatic rings. The maximum Gasteiger partial charge on any atom is 0.133 e. The zero-order valence-electron chi connectivity index (χ0n) is 12.5. The first kappa shape index (κ1) is 17.1. The minimum absolute atomic E-state index is 0.315. The van der Waals surface area contributed by atoms with Crippen LogP contribution in [0.25, 0.3) is 0 Å². The average molecular weight is 374 g/mol. The van der Waals surface area contributed by atoms with Crippen LogP contribution in [0.1, 0.15) is 18.4 Å². The Labute approximate surface area is 140 Å². The number of thioether (sulfide) groups is 1. The smallest absolute Gasteiger partial charge is 0.133 e. The van der Waals surface area contributed by atoms with Crippen molar-refractivity contribution < 1.29 is 9.84 Å². The highest BCUT2D eigenvalue weighted by Gasteiger charge is 2.14. The first-order valence-corrected chi connectivity index (χ1v) is 9.45. The lowest BCUT2D eigenvalue weighted by Crippen LogP contribution is -2.35. The van der Waals surface area contributed by atoms with Crippen LogP contribution in [-0.2, 0) is 0 Å². The van der Waals surface area contributed by atoms with Crippen LogP contribution in [-0.4, -0.2) is 42.4 Å². The quantitative estimate of drug-likeness (QED) is 0.769. The minimum Gasteiger partial charge on any atom is -0.490 e. The number of hydrogen-bond donors (Lipinski definition) is 2. The summed E-state index contributed by atoms with van der Waals surface area (Å²) in [5.74, 6) is 4.11. The fourth-order valence-electron chi connectivity index (χ4n) is 2.37. The SMILES string of the molecule is Cc1ccc(OCC(O)CNCC2CCSCC2)c(Br)c1. The molecule has 0 aromatic heterocycles. The Morgan fingerprint density at radius 2 is 2.19 bits per heavy atom. The van der Waals surface area contributed by atoms with Crippen LogP contribution < -0.4 is 10.1 Å². The van der Waals surface area contributed by atoms with E-state index >= 15 is 0 Å². The Hall–Kier alpha value is -0.230. The number of ether oxygens (including phenoxy) is 1. The van der Waals surface area contributed by atoms with Crippen LogP contribution in [0.15, 0.2) is 22.7 Å². The van der Waals surface area contributed by atoms with Gasteiger partial charge in [-0.3, -0.25) is 0 Å². The molecule has 1 aromatic carbocycles. The third-order valence-electron chi connectivity index (χ3n) is 3.67. The van der Waals surface area contributed by atoms with Crippen LogP contribution in [0.2, 0.25) is 0 Å². The normalized spacial score (nSPS) is 17.7. The van der Waals surface area contributed by atoms with Gasteiger partial charge in [-0.1, -0.05) is 6.07 Å². The van der Waals surface area contributed by atoms with E-state index in [1.165, 1.54) is 29.9 Å². The van der Waals surface area contributed by atoms with Crippen molar-refractivity contribution in [3.05, 3.63) is 28.2 Å². The van der Waals surface area contributed by atoms with Gasteiger partial charge in [0, 0.05) is 6.54 Å². The summed E-state index contributed by atoms with van der Waals surface area (Å²) in [7, 11) is 0. The van der Waals surface area contributed by atoms with Gasteiger partial charge in [-0.15, -0.1) is 0 Å². The molecule has 3 nitrogen and oxygen atoms in total. The zero-order chi connectivity index (χ0) is 15.1. The largest absolute Gasteiger partial charge is 0.490 e. The van der Waals surface area contributed by atoms with E-state index in [-0.39, 0.29) is 0 Å². The number of nitrogens with one attached hydrogen (secondary N) is 1. The summed E-state index contributed by atoms with van der Waals surface area (Å²) in [5, 5.41) is 13.3. The van der Waals surface area contributed by atoms with E-state index in [1.54, 1.807) is 0 Å². The molecule has 1 atom stereocenters. The van der Waals surface area contributed by atoms with E-state index in [2.05, 4.69) is 21.2 Å². The molecule has 1 fully saturated rings. The molecule has 21 heavy (non-hydrogen) atoms. The van der Waals surface area contributed by atoms with Crippen LogP contribution >= 0.6 is 27.7 Å². The molecule has 5 heteroatoms. The van der Waals surface area contributed by atoms with Gasteiger partial charge in [0.05, 0.1) is 4.47 Å². The van der Waals surface area contributed by atoms with Gasteiger partial charge in [-0.2, -0.15) is 11.8 Å². The third-order valence-corrected chi connectivity index (χ3v) is 5.34. The average Bonchev–Trinajstić information content (AvgIpc) is 2.47. The Kier molecular flexibility index (Phi) is 7.37. The molecule has 2 N–H and O–H groups in total. The van der Waals surface area contributed by atoms with Gasteiger partial charge >= 0.3 is 0 Å². The van der Waals surface area contributed by atoms with E-state index in [4.69, 9.17) is 4.74 Å². The lowest BCUT2D eigenvalue weighted by atomic mass is 10.0. The highest BCUT2D eigenvalue weighted by molar-refractivity contribution is 9.10. The van der Waals surface area contributed by atoms with Crippen molar-refractivity contribution in [3.8, 4) is 5.75 Å². The van der Waals surface area contributed by atoms with Crippen molar-refractivity contribution in [1.82, 2.24) is 5.32 Å². The third kappa shape index (κ3) is 6.19. The van der Waals surface area contributed by atoms with Gasteiger partial charge in [0.1, 0.15) is 18.5 Å². The second-order valence-electron chi connectivity index (χ2n) is 5.61. The summed E-state index contributed by atoms with van der Waals surface area (Å²) in [5.41, 5.74) is 1.18. The Morgan fingerprint density at radius 3 is 2.90 bits per heavy atom. The molecule has 1 aromatic rings. The maximum atomic E-state index is 9.98. The first-order chi connectivity index (χ1) is 10.1. The Balaban J connectivity index is 1.63. The van der Waals surface area contributed by atoms with Gasteiger partial charge in [0.25, 0.3) is 0 Å². The Morgan fingerprint density at radius 1 is 1.43 bits per heavy atom. The number of aliphatic hydroxyl groups is 1. The molecule has 0 aliphatic carbocycles. The topological polar surface area (TPSA) is 41.5 Å². The van der Waals surface area contributed by atoms with Crippen LogP contribution in [0.4, 0.5) is 0 Å². The number of hydrogen-bond acceptors (Lipinski definition) is 4. The summed E-state index contributed by atoms with van der Waals surface area (Å²) in [6.07, 6.45) is 2.11. The lowest BCUT2D eigenvalue weighted by Gasteiger charge is -2.22. The predicted molar refractivity (Wildman–Crippen MR) is 93.3 cm³/mol. The molecule has 0 saturated carbocycles. The number of aliphatic hydroxyl groups excluding tert-OH is 1. The molecule has 0 radical (unpaired) electrons. The standard InChI is InChI=1S/C16H24BrNO2S/c1-12-2-3-16(15(17)8-12)20-11-14(19)10-18-9-13-4-6-21-7-5-13/h2-3,8,13-14,18-19H,4-7,9-11H2,1H3. The van der Waals surface area contributed by atoms with Crippen LogP contribution in [0, 0.1) is 12.8 Å². The number of rotatable bonds is 7. The summed E-state index contributed by atoms with van der Waals surface area (Å²) >= 11 is 5.52. The second kappa shape index (κ2) is 9.03. The van der Waals surface area contributed by atoms with Crippen molar-refractivity contribution in [2.45, 2.75) is 25.9 Å².